The second-order valence-corrected chi connectivity index (χ2v) is 6.74. The number of nitrogens with zero attached hydrogens (tertiary/aromatic N) is 1. The average Bonchev–Trinajstić information content (AvgIpc) is 3.14. The summed E-state index contributed by atoms with van der Waals surface area (Å²) in [6.45, 7) is 2.09. The standard InChI is InChI=1S/C20H21F4N5O/c1-2-3-6-14-12-29(28-27-14)18-10-9-13(11-16(18)21)25-19(30)26-17-8-5-4-7-15(17)20(22,23)24/h4-5,7-12,27-28H,2-3,6H2,1H3,(H2,25,26,30)/p+1. The number of rotatable bonds is 6. The quantitative estimate of drug-likeness (QED) is 0.412. The molecule has 0 spiro atoms. The Balaban J connectivity index is 1.67. The first-order chi connectivity index (χ1) is 14.3. The van der Waals surface area contributed by atoms with Gasteiger partial charge >= 0.3 is 12.2 Å². The van der Waals surface area contributed by atoms with Crippen molar-refractivity contribution in [2.45, 2.75) is 32.4 Å². The normalized spacial score (nSPS) is 13.9. The van der Waals surface area contributed by atoms with Crippen LogP contribution in [0.4, 0.5) is 39.4 Å². The van der Waals surface area contributed by atoms with Crippen LogP contribution in [0.3, 0.4) is 0 Å². The second kappa shape index (κ2) is 9.14. The molecule has 2 aromatic rings. The number of allylic oxidation sites excluding steroid dienone is 1. The topological polar surface area (TPSA) is 73.0 Å². The highest BCUT2D eigenvalue weighted by atomic mass is 19.4. The molecule has 0 aromatic heterocycles. The third-order valence-electron chi connectivity index (χ3n) is 4.45. The van der Waals surface area contributed by atoms with E-state index in [0.29, 0.717) is 0 Å². The van der Waals surface area contributed by atoms with Gasteiger partial charge in [0.15, 0.2) is 5.82 Å². The van der Waals surface area contributed by atoms with Crippen molar-refractivity contribution in [2.24, 2.45) is 0 Å². The molecular formula is C20H22F4N5O+. The van der Waals surface area contributed by atoms with Gasteiger partial charge in [-0.15, -0.1) is 0 Å². The van der Waals surface area contributed by atoms with Gasteiger partial charge in [-0.05, 0) is 36.8 Å². The fraction of sp³-hybridized carbons (Fsp3) is 0.250. The second-order valence-electron chi connectivity index (χ2n) is 6.74. The van der Waals surface area contributed by atoms with Crippen molar-refractivity contribution in [2.75, 3.05) is 15.6 Å². The molecule has 10 heteroatoms. The zero-order valence-electron chi connectivity index (χ0n) is 16.2. The Kier molecular flexibility index (Phi) is 6.58. The van der Waals surface area contributed by atoms with E-state index >= 15 is 0 Å². The molecule has 2 amide bonds. The number of halogens is 4. The van der Waals surface area contributed by atoms with Gasteiger partial charge in [0.25, 0.3) is 0 Å². The number of amides is 2. The predicted molar refractivity (Wildman–Crippen MR) is 106 cm³/mol. The van der Waals surface area contributed by atoms with Gasteiger partial charge < -0.3 is 10.6 Å². The fourth-order valence-electron chi connectivity index (χ4n) is 2.95. The highest BCUT2D eigenvalue weighted by Gasteiger charge is 2.33. The molecule has 1 aliphatic heterocycles. The minimum Gasteiger partial charge on any atom is -0.308 e. The Morgan fingerprint density at radius 3 is 2.63 bits per heavy atom. The monoisotopic (exact) mass is 424 g/mol. The lowest BCUT2D eigenvalue weighted by Gasteiger charge is -2.16. The van der Waals surface area contributed by atoms with E-state index in [4.69, 9.17) is 0 Å². The van der Waals surface area contributed by atoms with Crippen LogP contribution in [-0.2, 0) is 6.18 Å². The minimum absolute atomic E-state index is 0.108. The number of nitrogens with two attached hydrogens (primary N) is 1. The maximum atomic E-state index is 14.5. The zero-order valence-corrected chi connectivity index (χ0v) is 16.2. The van der Waals surface area contributed by atoms with Crippen LogP contribution in [0.2, 0.25) is 0 Å². The van der Waals surface area contributed by atoms with Gasteiger partial charge in [0.2, 0.25) is 0 Å². The van der Waals surface area contributed by atoms with E-state index in [0.717, 1.165) is 43.2 Å². The number of alkyl halides is 3. The van der Waals surface area contributed by atoms with Crippen LogP contribution in [0.5, 0.6) is 0 Å². The number of para-hydroxylation sites is 1. The van der Waals surface area contributed by atoms with Crippen molar-refractivity contribution < 1.29 is 27.8 Å². The number of unbranched alkanes of at least 4 members (excludes halogenated alkanes) is 1. The van der Waals surface area contributed by atoms with E-state index in [1.807, 2.05) is 0 Å². The number of urea groups is 1. The van der Waals surface area contributed by atoms with Crippen LogP contribution in [0.1, 0.15) is 31.7 Å². The third-order valence-corrected chi connectivity index (χ3v) is 4.45. The van der Waals surface area contributed by atoms with Crippen LogP contribution in [0.25, 0.3) is 0 Å². The summed E-state index contributed by atoms with van der Waals surface area (Å²) in [7, 11) is 0. The van der Waals surface area contributed by atoms with Gasteiger partial charge in [-0.3, -0.25) is 0 Å². The first kappa shape index (κ1) is 21.6. The summed E-state index contributed by atoms with van der Waals surface area (Å²) >= 11 is 0. The SMILES string of the molecule is CCCCC1=CN(c2ccc(NC(=O)Nc3ccccc3C(F)(F)F)cc2F)N[NH2+]1. The van der Waals surface area contributed by atoms with Crippen LogP contribution in [0.15, 0.2) is 54.4 Å². The molecule has 0 saturated heterocycles. The first-order valence-corrected chi connectivity index (χ1v) is 9.41. The molecule has 0 radical (unpaired) electrons. The molecule has 0 aliphatic carbocycles. The minimum atomic E-state index is -4.61. The number of benzene rings is 2. The Morgan fingerprint density at radius 1 is 1.17 bits per heavy atom. The Bertz CT molecular complexity index is 945. The zero-order chi connectivity index (χ0) is 21.7. The van der Waals surface area contributed by atoms with Crippen LogP contribution in [0, 0.1) is 5.82 Å². The Labute approximate surface area is 170 Å². The number of hydrogen-bond acceptors (Lipinski definition) is 3. The number of nitrogens with one attached hydrogen (secondary N) is 3. The molecule has 0 atom stereocenters. The van der Waals surface area contributed by atoms with E-state index in [1.165, 1.54) is 29.3 Å². The van der Waals surface area contributed by atoms with E-state index in [9.17, 15) is 22.4 Å². The molecule has 0 unspecified atom stereocenters. The summed E-state index contributed by atoms with van der Waals surface area (Å²) in [5.74, 6) is -0.600. The van der Waals surface area contributed by atoms with Crippen molar-refractivity contribution >= 4 is 23.1 Å². The average molecular weight is 424 g/mol. The maximum absolute atomic E-state index is 14.5. The highest BCUT2D eigenvalue weighted by molar-refractivity contribution is 6.00. The number of anilines is 3. The van der Waals surface area contributed by atoms with E-state index < -0.39 is 23.6 Å². The molecule has 5 N–H and O–H groups in total. The van der Waals surface area contributed by atoms with E-state index in [2.05, 4.69) is 23.1 Å². The fourth-order valence-corrected chi connectivity index (χ4v) is 2.95. The smallest absolute Gasteiger partial charge is 0.308 e. The van der Waals surface area contributed by atoms with Gasteiger partial charge in [-0.1, -0.05) is 31.0 Å². The highest BCUT2D eigenvalue weighted by Crippen LogP contribution is 2.34. The molecule has 6 nitrogen and oxygen atoms in total. The third kappa shape index (κ3) is 5.28. The molecule has 30 heavy (non-hydrogen) atoms. The maximum Gasteiger partial charge on any atom is 0.418 e. The molecule has 3 rings (SSSR count). The number of carbonyl (C=O) groups excluding carboxylic acids is 1. The van der Waals surface area contributed by atoms with Crippen molar-refractivity contribution in [3.05, 3.63) is 65.7 Å². The lowest BCUT2D eigenvalue weighted by Crippen LogP contribution is -2.90. The molecule has 1 heterocycles. The summed E-state index contributed by atoms with van der Waals surface area (Å²) in [5, 5.41) is 6.03. The summed E-state index contributed by atoms with van der Waals surface area (Å²) < 4.78 is 53.6. The number of quaternary nitrogens is 1. The van der Waals surface area contributed by atoms with Crippen molar-refractivity contribution in [1.82, 2.24) is 5.53 Å². The summed E-state index contributed by atoms with van der Waals surface area (Å²) in [5.41, 5.74) is 4.80. The van der Waals surface area contributed by atoms with Crippen molar-refractivity contribution in [3.8, 4) is 0 Å². The van der Waals surface area contributed by atoms with E-state index in [1.54, 1.807) is 11.6 Å². The first-order valence-electron chi connectivity index (χ1n) is 9.41. The Hall–Kier alpha value is -3.11. The molecule has 1 aliphatic rings. The van der Waals surface area contributed by atoms with E-state index in [-0.39, 0.29) is 17.1 Å². The molecule has 0 bridgehead atoms. The van der Waals surface area contributed by atoms with Crippen LogP contribution in [-0.4, -0.2) is 6.03 Å². The molecule has 0 fully saturated rings. The lowest BCUT2D eigenvalue weighted by molar-refractivity contribution is -0.659. The van der Waals surface area contributed by atoms with Crippen molar-refractivity contribution in [1.29, 1.82) is 0 Å². The number of carbonyl (C=O) groups is 1. The largest absolute Gasteiger partial charge is 0.418 e. The van der Waals surface area contributed by atoms with Crippen LogP contribution < -0.4 is 26.6 Å². The molecule has 160 valence electrons. The number of hydrogen-bond donors (Lipinski definition) is 4. The van der Waals surface area contributed by atoms with Crippen LogP contribution >= 0.6 is 0 Å². The van der Waals surface area contributed by atoms with Gasteiger partial charge in [-0.2, -0.15) is 13.2 Å². The van der Waals surface area contributed by atoms with Gasteiger partial charge in [0, 0.05) is 12.1 Å². The summed E-state index contributed by atoms with van der Waals surface area (Å²) in [6, 6.07) is 7.74. The molecular weight excluding hydrogens is 402 g/mol. The predicted octanol–water partition coefficient (Wildman–Crippen LogP) is 4.32. The van der Waals surface area contributed by atoms with Gasteiger partial charge in [0.05, 0.1) is 23.1 Å². The van der Waals surface area contributed by atoms with Gasteiger partial charge in [-0.25, -0.2) is 19.6 Å². The summed E-state index contributed by atoms with van der Waals surface area (Å²) in [6.07, 6.45) is 0.134. The molecule has 2 aromatic carbocycles. The lowest BCUT2D eigenvalue weighted by atomic mass is 10.1. The number of hydrazine groups is 1. The van der Waals surface area contributed by atoms with Gasteiger partial charge in [0.1, 0.15) is 5.70 Å². The molecule has 0 saturated carbocycles. The summed E-state index contributed by atoms with van der Waals surface area (Å²) in [4.78, 5) is 12.1. The Morgan fingerprint density at radius 2 is 1.93 bits per heavy atom. The van der Waals surface area contributed by atoms with Crippen molar-refractivity contribution in [3.63, 3.8) is 0 Å².